The number of hydrogen-bond acceptors (Lipinski definition) is 4. The van der Waals surface area contributed by atoms with Crippen molar-refractivity contribution in [3.05, 3.63) is 65.7 Å². The van der Waals surface area contributed by atoms with Gasteiger partial charge in [-0.05, 0) is 37.6 Å². The van der Waals surface area contributed by atoms with Crippen molar-refractivity contribution in [2.75, 3.05) is 38.0 Å². The highest BCUT2D eigenvalue weighted by Gasteiger charge is 2.30. The maximum absolute atomic E-state index is 13.2. The molecule has 3 rings (SSSR count). The normalized spacial score (nSPS) is 17.3. The van der Waals surface area contributed by atoms with Crippen molar-refractivity contribution in [3.63, 3.8) is 0 Å². The van der Waals surface area contributed by atoms with Crippen molar-refractivity contribution in [1.82, 2.24) is 15.1 Å². The smallest absolute Gasteiger partial charge is 0.243 e. The van der Waals surface area contributed by atoms with Gasteiger partial charge in [0.1, 0.15) is 0 Å². The molecule has 2 aromatic carbocycles. The Morgan fingerprint density at radius 2 is 1.88 bits per heavy atom. The van der Waals surface area contributed by atoms with Gasteiger partial charge in [-0.25, -0.2) is 8.78 Å². The molecule has 2 unspecified atom stereocenters. The molecule has 0 aromatic heterocycles. The lowest BCUT2D eigenvalue weighted by molar-refractivity contribution is -0.125. The molecule has 8 heteroatoms. The minimum absolute atomic E-state index is 0.136. The predicted molar refractivity (Wildman–Crippen MR) is 120 cm³/mol. The topological polar surface area (TPSA) is 64.7 Å². The third-order valence-electron chi connectivity index (χ3n) is 5.94. The lowest BCUT2D eigenvalue weighted by Gasteiger charge is -2.29. The average molecular weight is 445 g/mol. The van der Waals surface area contributed by atoms with E-state index in [0.29, 0.717) is 6.04 Å². The van der Waals surface area contributed by atoms with E-state index in [2.05, 4.69) is 39.5 Å². The van der Waals surface area contributed by atoms with Gasteiger partial charge in [0, 0.05) is 36.9 Å². The van der Waals surface area contributed by atoms with Gasteiger partial charge in [-0.1, -0.05) is 37.3 Å². The van der Waals surface area contributed by atoms with Crippen LogP contribution in [0.25, 0.3) is 0 Å². The van der Waals surface area contributed by atoms with Crippen LogP contribution < -0.4 is 10.6 Å². The van der Waals surface area contributed by atoms with Crippen LogP contribution in [0, 0.1) is 11.6 Å². The second kappa shape index (κ2) is 11.2. The van der Waals surface area contributed by atoms with Crippen LogP contribution >= 0.6 is 0 Å². The van der Waals surface area contributed by atoms with Gasteiger partial charge in [0.15, 0.2) is 11.6 Å². The van der Waals surface area contributed by atoms with Crippen molar-refractivity contribution in [2.24, 2.45) is 0 Å². The number of likely N-dealkylation sites (tertiary alicyclic amines) is 1. The molecule has 6 nitrogen and oxygen atoms in total. The molecule has 2 atom stereocenters. The summed E-state index contributed by atoms with van der Waals surface area (Å²) in [5.74, 6) is -2.78. The second-order valence-corrected chi connectivity index (χ2v) is 8.04. The fraction of sp³-hybridized carbons (Fsp3) is 0.417. The Morgan fingerprint density at radius 3 is 2.56 bits per heavy atom. The number of hydrogen-bond donors (Lipinski definition) is 2. The minimum atomic E-state index is -1.04. The first-order chi connectivity index (χ1) is 15.4. The Labute approximate surface area is 187 Å². The van der Waals surface area contributed by atoms with Crippen LogP contribution in [-0.2, 0) is 9.59 Å². The van der Waals surface area contributed by atoms with Crippen molar-refractivity contribution < 1.29 is 18.4 Å². The number of likely N-dealkylation sites (N-methyl/N-ethyl adjacent to an activating group) is 1. The van der Waals surface area contributed by atoms with E-state index < -0.39 is 17.5 Å². The van der Waals surface area contributed by atoms with Gasteiger partial charge in [-0.3, -0.25) is 19.4 Å². The molecule has 32 heavy (non-hydrogen) atoms. The van der Waals surface area contributed by atoms with Gasteiger partial charge in [-0.2, -0.15) is 0 Å². The second-order valence-electron chi connectivity index (χ2n) is 8.04. The van der Waals surface area contributed by atoms with Crippen molar-refractivity contribution in [3.8, 4) is 0 Å². The van der Waals surface area contributed by atoms with Crippen LogP contribution in [-0.4, -0.2) is 60.4 Å². The molecule has 1 aliphatic rings. The average Bonchev–Trinajstić information content (AvgIpc) is 3.28. The molecule has 2 N–H and O–H groups in total. The molecule has 2 aromatic rings. The number of rotatable bonds is 9. The summed E-state index contributed by atoms with van der Waals surface area (Å²) in [5.41, 5.74) is 1.41. The lowest BCUT2D eigenvalue weighted by Crippen LogP contribution is -2.45. The first-order valence-electron chi connectivity index (χ1n) is 10.9. The molecular weight excluding hydrogens is 414 g/mol. The lowest BCUT2D eigenvalue weighted by atomic mass is 10.1. The highest BCUT2D eigenvalue weighted by atomic mass is 19.2. The molecule has 0 saturated carbocycles. The third-order valence-corrected chi connectivity index (χ3v) is 5.94. The molecular formula is C24H30F2N4O2. The number of nitrogens with one attached hydrogen (secondary N) is 2. The molecule has 0 bridgehead atoms. The van der Waals surface area contributed by atoms with Gasteiger partial charge < -0.3 is 10.6 Å². The first kappa shape index (κ1) is 23.8. The summed E-state index contributed by atoms with van der Waals surface area (Å²) in [4.78, 5) is 29.0. The quantitative estimate of drug-likeness (QED) is 0.624. The number of carbonyl (C=O) groups excluding carboxylic acids is 2. The zero-order chi connectivity index (χ0) is 23.1. The van der Waals surface area contributed by atoms with Crippen LogP contribution in [0.5, 0.6) is 0 Å². The summed E-state index contributed by atoms with van der Waals surface area (Å²) in [6.07, 6.45) is 0.981. The molecule has 1 heterocycles. The van der Waals surface area contributed by atoms with E-state index in [1.54, 1.807) is 0 Å². The van der Waals surface area contributed by atoms with Crippen LogP contribution in [0.1, 0.15) is 31.9 Å². The van der Waals surface area contributed by atoms with Crippen LogP contribution in [0.3, 0.4) is 0 Å². The fourth-order valence-electron chi connectivity index (χ4n) is 4.06. The molecule has 0 aliphatic carbocycles. The summed E-state index contributed by atoms with van der Waals surface area (Å²) in [5, 5.41) is 5.04. The van der Waals surface area contributed by atoms with Crippen molar-refractivity contribution in [1.29, 1.82) is 0 Å². The van der Waals surface area contributed by atoms with Gasteiger partial charge in [0.25, 0.3) is 0 Å². The predicted octanol–water partition coefficient (Wildman–Crippen LogP) is 3.18. The zero-order valence-corrected chi connectivity index (χ0v) is 18.5. The largest absolute Gasteiger partial charge is 0.346 e. The minimum Gasteiger partial charge on any atom is -0.346 e. The van der Waals surface area contributed by atoms with E-state index >= 15 is 0 Å². The molecule has 1 fully saturated rings. The first-order valence-corrected chi connectivity index (χ1v) is 10.9. The number of amides is 2. The van der Waals surface area contributed by atoms with Crippen LogP contribution in [0.2, 0.25) is 0 Å². The van der Waals surface area contributed by atoms with Crippen LogP contribution in [0.4, 0.5) is 14.5 Å². The molecule has 0 radical (unpaired) electrons. The highest BCUT2D eigenvalue weighted by Crippen LogP contribution is 2.26. The Morgan fingerprint density at radius 1 is 1.12 bits per heavy atom. The summed E-state index contributed by atoms with van der Waals surface area (Å²) >= 11 is 0. The maximum Gasteiger partial charge on any atom is 0.243 e. The molecule has 1 aliphatic heterocycles. The third kappa shape index (κ3) is 6.34. The van der Waals surface area contributed by atoms with E-state index in [9.17, 15) is 18.4 Å². The van der Waals surface area contributed by atoms with Crippen LogP contribution in [0.15, 0.2) is 48.5 Å². The number of anilines is 1. The van der Waals surface area contributed by atoms with E-state index in [-0.39, 0.29) is 30.7 Å². The Kier molecular flexibility index (Phi) is 8.30. The Bertz CT molecular complexity index is 925. The molecule has 2 amide bonds. The van der Waals surface area contributed by atoms with Crippen molar-refractivity contribution in [2.45, 2.75) is 32.4 Å². The molecule has 1 saturated heterocycles. The number of nitrogens with zero attached hydrogens (tertiary/aromatic N) is 2. The van der Waals surface area contributed by atoms with E-state index in [1.165, 1.54) is 11.6 Å². The number of benzene rings is 2. The van der Waals surface area contributed by atoms with Gasteiger partial charge in [-0.15, -0.1) is 0 Å². The van der Waals surface area contributed by atoms with Gasteiger partial charge in [0.05, 0.1) is 13.1 Å². The fourth-order valence-corrected chi connectivity index (χ4v) is 4.06. The standard InChI is InChI=1S/C24H30F2N4O2/c1-3-29(20-11-12-30(15-20)17(2)18-7-5-4-6-8-18)16-24(32)27-14-23(31)28-19-9-10-21(25)22(26)13-19/h4-10,13,17,20H,3,11-12,14-16H2,1-2H3,(H,27,32)(H,28,31). The Balaban J connectivity index is 1.45. The van der Waals surface area contributed by atoms with E-state index in [0.717, 1.165) is 38.2 Å². The number of carbonyl (C=O) groups is 2. The molecule has 172 valence electrons. The maximum atomic E-state index is 13.2. The summed E-state index contributed by atoms with van der Waals surface area (Å²) in [6, 6.07) is 14.1. The highest BCUT2D eigenvalue weighted by molar-refractivity contribution is 5.94. The number of halogens is 2. The zero-order valence-electron chi connectivity index (χ0n) is 18.5. The summed E-state index contributed by atoms with van der Waals surface area (Å²) < 4.78 is 26.2. The molecule has 0 spiro atoms. The van der Waals surface area contributed by atoms with E-state index in [4.69, 9.17) is 0 Å². The monoisotopic (exact) mass is 444 g/mol. The SMILES string of the molecule is CCN(CC(=O)NCC(=O)Nc1ccc(F)c(F)c1)C1CCN(C(C)c2ccccc2)C1. The summed E-state index contributed by atoms with van der Waals surface area (Å²) in [6.45, 7) is 6.76. The summed E-state index contributed by atoms with van der Waals surface area (Å²) in [7, 11) is 0. The van der Waals surface area contributed by atoms with Gasteiger partial charge >= 0.3 is 0 Å². The Hall–Kier alpha value is -2.84. The van der Waals surface area contributed by atoms with Gasteiger partial charge in [0.2, 0.25) is 11.8 Å². The van der Waals surface area contributed by atoms with Crippen molar-refractivity contribution >= 4 is 17.5 Å². The van der Waals surface area contributed by atoms with E-state index in [1.807, 2.05) is 25.1 Å².